The molecule has 0 atom stereocenters. The minimum Gasteiger partial charge on any atom is -0.449 e. The summed E-state index contributed by atoms with van der Waals surface area (Å²) in [7, 11) is -4.81. The van der Waals surface area contributed by atoms with Crippen LogP contribution in [0.2, 0.25) is 26.2 Å². The van der Waals surface area contributed by atoms with Crippen molar-refractivity contribution in [1.82, 2.24) is 0 Å². The zero-order chi connectivity index (χ0) is 31.4. The van der Waals surface area contributed by atoms with Crippen molar-refractivity contribution < 1.29 is 23.6 Å². The molecule has 0 saturated heterocycles. The molecule has 4 rings (SSSR count). The number of nitro benzene ring substituents is 2. The van der Waals surface area contributed by atoms with Crippen LogP contribution in [0.4, 0.5) is 22.7 Å². The summed E-state index contributed by atoms with van der Waals surface area (Å²) in [6.45, 7) is 8.39. The highest BCUT2D eigenvalue weighted by Gasteiger charge is 2.36. The highest BCUT2D eigenvalue weighted by atomic mass is 28.4. The first-order valence-corrected chi connectivity index (χ1v) is 19.1. The molecule has 0 saturated carbocycles. The summed E-state index contributed by atoms with van der Waals surface area (Å²) in [6, 6.07) is 25.8. The molecule has 0 aliphatic carbocycles. The first kappa shape index (κ1) is 31.0. The fourth-order valence-electron chi connectivity index (χ4n) is 4.54. The molecule has 13 heteroatoms. The van der Waals surface area contributed by atoms with Gasteiger partial charge in [0.15, 0.2) is 0 Å². The van der Waals surface area contributed by atoms with Crippen LogP contribution < -0.4 is 21.0 Å². The largest absolute Gasteiger partial charge is 0.449 e. The summed E-state index contributed by atoms with van der Waals surface area (Å²) >= 11 is 0. The molecule has 220 valence electrons. The third-order valence-corrected chi connectivity index (χ3v) is 14.4. The Labute approximate surface area is 250 Å². The SMILES string of the molecule is C[Si](C)(O[Si](C)(C)c1ccc(C(=O)Nc2ccc([N+](=O)[O-])cc2)cc1)c1ccc(C(=O)Nc2ccc([N+](=O)[O-])cc2)cc1. The average Bonchev–Trinajstić information content (AvgIpc) is 2.97. The fourth-order valence-corrected chi connectivity index (χ4v) is 12.5. The fraction of sp³-hybridized carbons (Fsp3) is 0.133. The molecular formula is C30H30N4O7Si2. The van der Waals surface area contributed by atoms with E-state index in [4.69, 9.17) is 4.12 Å². The second kappa shape index (κ2) is 12.5. The Balaban J connectivity index is 1.39. The Kier molecular flexibility index (Phi) is 8.99. The van der Waals surface area contributed by atoms with Gasteiger partial charge in [0.25, 0.3) is 23.2 Å². The van der Waals surface area contributed by atoms with Gasteiger partial charge in [0, 0.05) is 46.8 Å². The van der Waals surface area contributed by atoms with E-state index < -0.39 is 26.5 Å². The van der Waals surface area contributed by atoms with Gasteiger partial charge in [0.2, 0.25) is 16.6 Å². The standard InChI is InChI=1S/C30H30N4O7Si2/c1-42(2,27-17-5-21(6-18-27)29(35)31-23-9-13-25(14-10-23)33(37)38)41-43(3,4)28-19-7-22(8-20-28)30(36)32-24-11-15-26(16-12-24)34(39)40/h5-20H,1-4H3,(H,31,35)(H,32,36). The molecule has 2 amide bonds. The van der Waals surface area contributed by atoms with Crippen LogP contribution in [0, 0.1) is 20.2 Å². The number of benzene rings is 4. The summed E-state index contributed by atoms with van der Waals surface area (Å²) in [4.78, 5) is 46.1. The summed E-state index contributed by atoms with van der Waals surface area (Å²) in [5, 5.41) is 29.2. The molecule has 0 radical (unpaired) electrons. The molecule has 2 N–H and O–H groups in total. The summed E-state index contributed by atoms with van der Waals surface area (Å²) in [5.41, 5.74) is 1.71. The van der Waals surface area contributed by atoms with E-state index in [9.17, 15) is 29.8 Å². The van der Waals surface area contributed by atoms with E-state index in [0.717, 1.165) is 10.4 Å². The first-order valence-electron chi connectivity index (χ1n) is 13.3. The van der Waals surface area contributed by atoms with Crippen LogP contribution in [0.3, 0.4) is 0 Å². The normalized spacial score (nSPS) is 11.4. The van der Waals surface area contributed by atoms with Gasteiger partial charge in [-0.15, -0.1) is 0 Å². The van der Waals surface area contributed by atoms with Crippen LogP contribution in [0.15, 0.2) is 97.1 Å². The molecular weight excluding hydrogens is 585 g/mol. The number of nitro groups is 2. The van der Waals surface area contributed by atoms with Crippen LogP contribution in [0.25, 0.3) is 0 Å². The molecule has 0 aliphatic rings. The number of non-ortho nitro benzene ring substituents is 2. The Morgan fingerprint density at radius 3 is 1.14 bits per heavy atom. The van der Waals surface area contributed by atoms with Crippen molar-refractivity contribution in [3.63, 3.8) is 0 Å². The highest BCUT2D eigenvalue weighted by Crippen LogP contribution is 2.19. The monoisotopic (exact) mass is 614 g/mol. The van der Waals surface area contributed by atoms with Crippen molar-refractivity contribution in [2.75, 3.05) is 10.6 Å². The van der Waals surface area contributed by atoms with Crippen molar-refractivity contribution in [2.45, 2.75) is 26.2 Å². The van der Waals surface area contributed by atoms with Crippen LogP contribution in [-0.2, 0) is 4.12 Å². The minimum atomic E-state index is -2.41. The zero-order valence-corrected chi connectivity index (χ0v) is 26.0. The van der Waals surface area contributed by atoms with Crippen LogP contribution >= 0.6 is 0 Å². The average molecular weight is 615 g/mol. The van der Waals surface area contributed by atoms with E-state index in [2.05, 4.69) is 36.8 Å². The molecule has 0 unspecified atom stereocenters. The smallest absolute Gasteiger partial charge is 0.269 e. The number of hydrogen-bond donors (Lipinski definition) is 2. The van der Waals surface area contributed by atoms with Gasteiger partial charge in [-0.25, -0.2) is 0 Å². The number of anilines is 2. The summed E-state index contributed by atoms with van der Waals surface area (Å²) in [5.74, 6) is -0.651. The number of nitrogens with one attached hydrogen (secondary N) is 2. The summed E-state index contributed by atoms with van der Waals surface area (Å²) in [6.07, 6.45) is 0. The maximum atomic E-state index is 12.7. The zero-order valence-electron chi connectivity index (χ0n) is 24.0. The third kappa shape index (κ3) is 7.65. The van der Waals surface area contributed by atoms with Crippen LogP contribution in [0.5, 0.6) is 0 Å². The Morgan fingerprint density at radius 2 is 0.860 bits per heavy atom. The van der Waals surface area contributed by atoms with Gasteiger partial charge in [-0.05, 0) is 85.1 Å². The number of carbonyl (C=O) groups excluding carboxylic acids is 2. The van der Waals surface area contributed by atoms with Gasteiger partial charge in [0.05, 0.1) is 9.85 Å². The van der Waals surface area contributed by atoms with E-state index in [1.54, 1.807) is 24.3 Å². The van der Waals surface area contributed by atoms with Gasteiger partial charge < -0.3 is 14.7 Å². The second-order valence-corrected chi connectivity index (χ2v) is 18.8. The Bertz CT molecular complexity index is 1530. The van der Waals surface area contributed by atoms with Crippen LogP contribution in [0.1, 0.15) is 20.7 Å². The quantitative estimate of drug-likeness (QED) is 0.135. The third-order valence-electron chi connectivity index (χ3n) is 6.87. The number of nitrogens with zero attached hydrogens (tertiary/aromatic N) is 2. The first-order chi connectivity index (χ1) is 20.2. The van der Waals surface area contributed by atoms with E-state index in [0.29, 0.717) is 22.5 Å². The van der Waals surface area contributed by atoms with Crippen LogP contribution in [-0.4, -0.2) is 38.3 Å². The lowest BCUT2D eigenvalue weighted by Gasteiger charge is -2.34. The minimum absolute atomic E-state index is 0.0536. The van der Waals surface area contributed by atoms with Gasteiger partial charge in [0.1, 0.15) is 0 Å². The van der Waals surface area contributed by atoms with Crippen molar-refractivity contribution in [1.29, 1.82) is 0 Å². The molecule has 0 aliphatic heterocycles. The molecule has 43 heavy (non-hydrogen) atoms. The van der Waals surface area contributed by atoms with Gasteiger partial charge in [-0.1, -0.05) is 24.3 Å². The number of rotatable bonds is 10. The molecule has 0 aromatic heterocycles. The van der Waals surface area contributed by atoms with Gasteiger partial charge in [-0.2, -0.15) is 0 Å². The van der Waals surface area contributed by atoms with Gasteiger partial charge in [-0.3, -0.25) is 29.8 Å². The van der Waals surface area contributed by atoms with Crippen molar-refractivity contribution in [2.24, 2.45) is 0 Å². The topological polar surface area (TPSA) is 154 Å². The van der Waals surface area contributed by atoms with Crippen molar-refractivity contribution in [3.8, 4) is 0 Å². The van der Waals surface area contributed by atoms with E-state index in [1.807, 2.05) is 24.3 Å². The predicted molar refractivity (Wildman–Crippen MR) is 170 cm³/mol. The lowest BCUT2D eigenvalue weighted by Crippen LogP contribution is -2.57. The molecule has 11 nitrogen and oxygen atoms in total. The number of amides is 2. The number of hydrogen-bond acceptors (Lipinski definition) is 7. The molecule has 0 spiro atoms. The van der Waals surface area contributed by atoms with Gasteiger partial charge >= 0.3 is 0 Å². The molecule has 0 bridgehead atoms. The molecule has 0 heterocycles. The van der Waals surface area contributed by atoms with E-state index >= 15 is 0 Å². The van der Waals surface area contributed by atoms with Crippen molar-refractivity contribution >= 4 is 61.6 Å². The molecule has 4 aromatic carbocycles. The maximum Gasteiger partial charge on any atom is 0.269 e. The van der Waals surface area contributed by atoms with Crippen molar-refractivity contribution in [3.05, 3.63) is 128 Å². The molecule has 4 aromatic rings. The lowest BCUT2D eigenvalue weighted by atomic mass is 10.2. The lowest BCUT2D eigenvalue weighted by molar-refractivity contribution is -0.385. The van der Waals surface area contributed by atoms with E-state index in [-0.39, 0.29) is 23.2 Å². The Morgan fingerprint density at radius 1 is 0.558 bits per heavy atom. The molecule has 0 fully saturated rings. The second-order valence-electron chi connectivity index (χ2n) is 10.8. The Hall–Kier alpha value is -4.99. The maximum absolute atomic E-state index is 12.7. The van der Waals surface area contributed by atoms with E-state index in [1.165, 1.54) is 48.5 Å². The summed E-state index contributed by atoms with van der Waals surface area (Å²) < 4.78 is 6.82. The number of carbonyl (C=O) groups is 2. The predicted octanol–water partition coefficient (Wildman–Crippen LogP) is 5.55. The highest BCUT2D eigenvalue weighted by molar-refractivity contribution is 6.96.